The summed E-state index contributed by atoms with van der Waals surface area (Å²) in [7, 11) is 2.00. The van der Waals surface area contributed by atoms with Crippen molar-refractivity contribution in [2.75, 3.05) is 156 Å². The lowest BCUT2D eigenvalue weighted by Crippen LogP contribution is -2.65. The first-order chi connectivity index (χ1) is 67.2. The van der Waals surface area contributed by atoms with Gasteiger partial charge in [-0.05, 0) is 312 Å². The number of anilines is 9. The molecule has 8 heterocycles. The van der Waals surface area contributed by atoms with E-state index in [1.807, 2.05) is 18.1 Å². The van der Waals surface area contributed by atoms with Crippen LogP contribution in [0.3, 0.4) is 0 Å². The van der Waals surface area contributed by atoms with Crippen LogP contribution in [-0.4, -0.2) is 268 Å². The SMILES string of the molecule is C=C=C=CN(C)c1nc(N(CCCC)CCCC)nc(N(CCCCCCN(c2nc(N(CCCC)C3CC(C)(C)N(OCCC)C(C)(C)C3)nc(N(CCCCCCN(c3nc(N(CCCC)CCCC)nc(N(CCCC)CCCC)n3)C3CC(C)(C)N(OCCC)C(C)(C)C3)C3CC(C)(C)N(OCCC)C(C)(C)C3)n2)C2CC(C)(C)N(OCCC)C(C)(C)C2)C2CC(C)(C)N(OCCC)C(C)(C)C2)n1. The molecule has 0 N–H and O–H groups in total. The molecule has 5 fully saturated rings. The van der Waals surface area contributed by atoms with Gasteiger partial charge in [0, 0.05) is 165 Å². The molecule has 5 aliphatic heterocycles. The lowest BCUT2D eigenvalue weighted by molar-refractivity contribution is -0.282. The number of hydrogen-bond acceptors (Lipinski definition) is 28. The van der Waals surface area contributed by atoms with Crippen molar-refractivity contribution in [1.82, 2.24) is 70.2 Å². The number of rotatable bonds is 65. The fourth-order valence-electron chi connectivity index (χ4n) is 24.7. The highest BCUT2D eigenvalue weighted by molar-refractivity contribution is 5.52. The minimum Gasteiger partial charge on any atom is -0.341 e. The van der Waals surface area contributed by atoms with E-state index in [1.165, 1.54) is 0 Å². The zero-order valence-corrected chi connectivity index (χ0v) is 97.5. The van der Waals surface area contributed by atoms with Crippen LogP contribution in [0, 0.1) is 0 Å². The molecule has 5 aliphatic rings. The van der Waals surface area contributed by atoms with Crippen LogP contribution in [0.5, 0.6) is 0 Å². The minimum absolute atomic E-state index is 0.0444. The summed E-state index contributed by atoms with van der Waals surface area (Å²) in [4.78, 5) is 109. The van der Waals surface area contributed by atoms with Gasteiger partial charge in [0.05, 0.1) is 39.2 Å². The van der Waals surface area contributed by atoms with Crippen molar-refractivity contribution >= 4 is 53.5 Å². The van der Waals surface area contributed by atoms with E-state index in [2.05, 4.69) is 304 Å². The highest BCUT2D eigenvalue weighted by Crippen LogP contribution is 2.49. The van der Waals surface area contributed by atoms with Gasteiger partial charge < -0.3 is 44.1 Å². The van der Waals surface area contributed by atoms with Crippen LogP contribution in [0.1, 0.15) is 459 Å². The fourth-order valence-corrected chi connectivity index (χ4v) is 24.7. The van der Waals surface area contributed by atoms with Crippen LogP contribution in [0.2, 0.25) is 0 Å². The number of hydroxylamine groups is 10. The summed E-state index contributed by atoms with van der Waals surface area (Å²) in [5, 5.41) is 11.7. The van der Waals surface area contributed by atoms with Gasteiger partial charge in [-0.15, -0.1) is 0 Å². The monoisotopic (exact) mass is 1980 g/mol. The number of nitrogens with zero attached hydrogens (tertiary/aromatic N) is 23. The van der Waals surface area contributed by atoms with Gasteiger partial charge >= 0.3 is 0 Å². The summed E-state index contributed by atoms with van der Waals surface area (Å²) in [6.07, 6.45) is 38.0. The van der Waals surface area contributed by atoms with Crippen molar-refractivity contribution in [2.45, 2.75) is 545 Å². The standard InChI is InChI=1S/C114H213N23O5/c1-35-48-64-124(34)96-115-97(125(65-49-36-2)66-50-37-3)118-100(116-96)129(92-83-107(18,19)134(139-77-44-10)108(20,21)84-92)72-60-56-58-62-74-131(94-87-111(26,27)136(141-79-46-12)112(28,29)88-94)103-121-102(128(71-55-42-8)91-81-105(14,15)133(138-76-43-9)106(16,17)82-91)122-104(123-103)132(95-89-113(30,31)137(142-80-47-13)114(32,33)90-95)75-63-59-57-61-73-130(93-85-109(22,23)135(140-78-45-11)110(24,25)86-93)101-119-98(126(67-51-38-4)68-52-39-5)117-99(120-101)127(69-53-40-6)70-54-41-7/h64,91-95H,1,36-47,49-63,65-90H2,2-34H3. The summed E-state index contributed by atoms with van der Waals surface area (Å²) in [5.74, 6) is 6.81. The van der Waals surface area contributed by atoms with Crippen LogP contribution in [0.15, 0.2) is 24.2 Å². The van der Waals surface area contributed by atoms with E-state index < -0.39 is 0 Å². The molecule has 0 radical (unpaired) electrons. The van der Waals surface area contributed by atoms with E-state index in [-0.39, 0.29) is 85.6 Å². The molecule has 142 heavy (non-hydrogen) atoms. The highest BCUT2D eigenvalue weighted by atomic mass is 16.7. The molecule has 3 aromatic rings. The average molecular weight is 1990 g/mol. The third-order valence-corrected chi connectivity index (χ3v) is 30.3. The Kier molecular flexibility index (Phi) is 48.0. The van der Waals surface area contributed by atoms with Crippen molar-refractivity contribution < 1.29 is 24.2 Å². The lowest BCUT2D eigenvalue weighted by atomic mass is 9.78. The molecule has 814 valence electrons. The smallest absolute Gasteiger partial charge is 0.236 e. The van der Waals surface area contributed by atoms with Crippen molar-refractivity contribution in [3.05, 3.63) is 24.2 Å². The quantitative estimate of drug-likeness (QED) is 0.0380. The number of aromatic nitrogens is 9. The van der Waals surface area contributed by atoms with Gasteiger partial charge in [0.1, 0.15) is 0 Å². The Morgan fingerprint density at radius 2 is 0.401 bits per heavy atom. The zero-order valence-electron chi connectivity index (χ0n) is 97.5. The first-order valence-corrected chi connectivity index (χ1v) is 57.6. The maximum absolute atomic E-state index is 6.94. The molecule has 0 saturated carbocycles. The molecule has 0 amide bonds. The molecular formula is C114H213N23O5. The molecular weight excluding hydrogens is 1770 g/mol. The molecule has 0 unspecified atom stereocenters. The third kappa shape index (κ3) is 33.6. The third-order valence-electron chi connectivity index (χ3n) is 30.3. The van der Waals surface area contributed by atoms with E-state index in [0.717, 1.165) is 351 Å². The second-order valence-corrected chi connectivity index (χ2v) is 49.1. The van der Waals surface area contributed by atoms with E-state index in [0.29, 0.717) is 44.9 Å². The maximum Gasteiger partial charge on any atom is 0.236 e. The largest absolute Gasteiger partial charge is 0.341 e. The number of piperidine rings is 5. The van der Waals surface area contributed by atoms with Crippen molar-refractivity contribution in [3.63, 3.8) is 0 Å². The second kappa shape index (κ2) is 56.1. The summed E-state index contributed by atoms with van der Waals surface area (Å²) < 4.78 is 0. The van der Waals surface area contributed by atoms with Crippen LogP contribution in [0.4, 0.5) is 53.5 Å². The molecule has 28 nitrogen and oxygen atoms in total. The molecule has 0 aliphatic carbocycles. The normalized spacial score (nSPS) is 19.9. The van der Waals surface area contributed by atoms with Gasteiger partial charge in [-0.2, -0.15) is 70.2 Å². The Bertz CT molecular complexity index is 4060. The van der Waals surface area contributed by atoms with Gasteiger partial charge in [0.25, 0.3) is 0 Å². The second-order valence-electron chi connectivity index (χ2n) is 49.1. The fraction of sp³-hybridized carbons (Fsp3) is 0.886. The van der Waals surface area contributed by atoms with E-state index in [4.69, 9.17) is 69.0 Å². The summed E-state index contributed by atoms with van der Waals surface area (Å²) in [6.45, 7) is 91.6. The topological polar surface area (TPSA) is 208 Å². The predicted octanol–water partition coefficient (Wildman–Crippen LogP) is 25.5. The summed E-state index contributed by atoms with van der Waals surface area (Å²) in [5.41, 5.74) is 2.82. The molecule has 0 atom stereocenters. The lowest BCUT2D eigenvalue weighted by Gasteiger charge is -2.56. The molecule has 8 rings (SSSR count). The summed E-state index contributed by atoms with van der Waals surface area (Å²) >= 11 is 0. The Labute approximate surface area is 868 Å². The van der Waals surface area contributed by atoms with Crippen molar-refractivity contribution in [2.24, 2.45) is 0 Å². The first-order valence-electron chi connectivity index (χ1n) is 57.6. The molecule has 0 spiro atoms. The van der Waals surface area contributed by atoms with Crippen LogP contribution >= 0.6 is 0 Å². The number of unbranched alkanes of at least 4 members (excludes halogenated alkanes) is 13. The Morgan fingerprint density at radius 1 is 0.239 bits per heavy atom. The van der Waals surface area contributed by atoms with Crippen LogP contribution in [0.25, 0.3) is 0 Å². The van der Waals surface area contributed by atoms with Gasteiger partial charge in [0.2, 0.25) is 53.5 Å². The summed E-state index contributed by atoms with van der Waals surface area (Å²) in [6, 6.07) is 0.428. The van der Waals surface area contributed by atoms with Gasteiger partial charge in [-0.1, -0.05) is 165 Å². The molecule has 0 bridgehead atoms. The number of hydrogen-bond donors (Lipinski definition) is 0. The van der Waals surface area contributed by atoms with E-state index in [1.54, 1.807) is 0 Å². The first kappa shape index (κ1) is 121. The molecule has 3 aromatic heterocycles. The zero-order chi connectivity index (χ0) is 105. The predicted molar refractivity (Wildman–Crippen MR) is 596 cm³/mol. The van der Waals surface area contributed by atoms with Gasteiger partial charge in [-0.25, -0.2) is 0 Å². The van der Waals surface area contributed by atoms with E-state index >= 15 is 0 Å². The van der Waals surface area contributed by atoms with E-state index in [9.17, 15) is 0 Å². The average Bonchev–Trinajstić information content (AvgIpc) is 0.754. The molecule has 0 aromatic carbocycles. The van der Waals surface area contributed by atoms with Gasteiger partial charge in [0.15, 0.2) is 0 Å². The van der Waals surface area contributed by atoms with Crippen LogP contribution in [-0.2, 0) is 24.2 Å². The van der Waals surface area contributed by atoms with Crippen LogP contribution < -0.4 is 44.1 Å². The molecule has 5 saturated heterocycles. The Hall–Kier alpha value is -5.87. The van der Waals surface area contributed by atoms with Gasteiger partial charge in [-0.3, -0.25) is 24.2 Å². The van der Waals surface area contributed by atoms with Crippen molar-refractivity contribution in [1.29, 1.82) is 0 Å². The minimum atomic E-state index is -0.348. The highest BCUT2D eigenvalue weighted by Gasteiger charge is 2.55. The maximum atomic E-state index is 6.94. The molecule has 28 heteroatoms. The van der Waals surface area contributed by atoms with Crippen molar-refractivity contribution in [3.8, 4) is 0 Å². The Morgan fingerprint density at radius 3 is 0.585 bits per heavy atom. The Balaban J connectivity index is 1.30.